The van der Waals surface area contributed by atoms with Crippen molar-refractivity contribution in [3.05, 3.63) is 54.0 Å². The fourth-order valence-electron chi connectivity index (χ4n) is 4.84. The number of piperidine rings is 1. The van der Waals surface area contributed by atoms with Gasteiger partial charge in [-0.1, -0.05) is 24.3 Å². The first kappa shape index (κ1) is 30.0. The smallest absolute Gasteiger partial charge is 0.407 e. The third-order valence-corrected chi connectivity index (χ3v) is 7.06. The van der Waals surface area contributed by atoms with Crippen molar-refractivity contribution in [2.24, 2.45) is 0 Å². The van der Waals surface area contributed by atoms with Crippen molar-refractivity contribution in [2.45, 2.75) is 63.8 Å². The molecular weight excluding hydrogens is 527 g/mol. The predicted molar refractivity (Wildman–Crippen MR) is 152 cm³/mol. The van der Waals surface area contributed by atoms with Crippen molar-refractivity contribution < 1.29 is 23.8 Å². The van der Waals surface area contributed by atoms with Gasteiger partial charge in [-0.25, -0.2) is 9.18 Å². The Bertz CT molecular complexity index is 1430. The Morgan fingerprint density at radius 3 is 2.54 bits per heavy atom. The van der Waals surface area contributed by atoms with Gasteiger partial charge in [0, 0.05) is 11.8 Å². The van der Waals surface area contributed by atoms with Crippen molar-refractivity contribution in [2.75, 3.05) is 26.7 Å². The SMILES string of the molecule is CN1CCC(n2ncc3ccc(-c4ccc(C[C@@H](C#N)NC(=O)[C@@H](O)CNC(=O)OC(C)(C)C)c(F)c4)cc32)CC1. The number of aliphatic hydroxyl groups is 1. The van der Waals surface area contributed by atoms with Crippen LogP contribution in [0.15, 0.2) is 42.6 Å². The number of nitrogens with one attached hydrogen (secondary N) is 2. The quantitative estimate of drug-likeness (QED) is 0.381. The molecule has 1 fully saturated rings. The third kappa shape index (κ3) is 7.80. The number of amides is 2. The normalized spacial score (nSPS) is 16.1. The number of benzene rings is 2. The fraction of sp³-hybridized carbons (Fsp3) is 0.467. The zero-order chi connectivity index (χ0) is 29.7. The molecule has 4 rings (SSSR count). The Balaban J connectivity index is 1.40. The summed E-state index contributed by atoms with van der Waals surface area (Å²) in [5.41, 5.74) is 2.06. The molecule has 1 aliphatic rings. The lowest BCUT2D eigenvalue weighted by atomic mass is 9.99. The second-order valence-corrected chi connectivity index (χ2v) is 11.5. The zero-order valence-corrected chi connectivity index (χ0v) is 23.9. The highest BCUT2D eigenvalue weighted by atomic mass is 19.1. The Labute approximate surface area is 239 Å². The van der Waals surface area contributed by atoms with Gasteiger partial charge in [0.1, 0.15) is 23.6 Å². The number of carbonyl (C=O) groups excluding carboxylic acids is 2. The summed E-state index contributed by atoms with van der Waals surface area (Å²) in [7, 11) is 2.12. The minimum Gasteiger partial charge on any atom is -0.444 e. The Hall–Kier alpha value is -4.01. The molecule has 0 unspecified atom stereocenters. The summed E-state index contributed by atoms with van der Waals surface area (Å²) < 4.78 is 22.3. The number of aliphatic hydroxyl groups excluding tert-OH is 1. The number of fused-ring (bicyclic) bond motifs is 1. The first-order valence-electron chi connectivity index (χ1n) is 13.7. The van der Waals surface area contributed by atoms with Crippen LogP contribution in [0, 0.1) is 17.1 Å². The second-order valence-electron chi connectivity index (χ2n) is 11.5. The van der Waals surface area contributed by atoms with Gasteiger partial charge in [-0.15, -0.1) is 0 Å². The van der Waals surface area contributed by atoms with Gasteiger partial charge < -0.3 is 25.4 Å². The lowest BCUT2D eigenvalue weighted by Crippen LogP contribution is -2.47. The minimum absolute atomic E-state index is 0.0947. The van der Waals surface area contributed by atoms with Gasteiger partial charge in [0.2, 0.25) is 0 Å². The molecule has 218 valence electrons. The molecule has 10 nitrogen and oxygen atoms in total. The van der Waals surface area contributed by atoms with Crippen molar-refractivity contribution in [3.63, 3.8) is 0 Å². The van der Waals surface area contributed by atoms with Gasteiger partial charge >= 0.3 is 6.09 Å². The average molecular weight is 565 g/mol. The molecule has 0 saturated carbocycles. The summed E-state index contributed by atoms with van der Waals surface area (Å²) in [4.78, 5) is 26.4. The summed E-state index contributed by atoms with van der Waals surface area (Å²) in [5.74, 6) is -1.37. The number of hydrogen-bond donors (Lipinski definition) is 3. The van der Waals surface area contributed by atoms with Gasteiger partial charge in [0.05, 0.1) is 30.4 Å². The molecule has 2 atom stereocenters. The number of halogens is 1. The summed E-state index contributed by atoms with van der Waals surface area (Å²) >= 11 is 0. The van der Waals surface area contributed by atoms with E-state index in [1.807, 2.05) is 30.5 Å². The Morgan fingerprint density at radius 2 is 1.88 bits per heavy atom. The van der Waals surface area contributed by atoms with Gasteiger partial charge in [0.25, 0.3) is 5.91 Å². The maximum absolute atomic E-state index is 15.2. The number of rotatable bonds is 8. The summed E-state index contributed by atoms with van der Waals surface area (Å²) in [5, 5.41) is 30.0. The molecule has 1 aromatic heterocycles. The standard InChI is InChI=1S/C30H37FN6O4/c1-30(2,3)41-29(40)33-18-27(38)28(39)35-23(16-32)13-21-7-5-19(14-25(21)31)20-6-8-22-17-34-37(26(22)15-20)24-9-11-36(4)12-10-24/h5-8,14-15,17,23-24,27,38H,9-13,18H2,1-4H3,(H,33,40)(H,35,39)/t23-,27-/m0/s1. The van der Waals surface area contributed by atoms with Crippen LogP contribution in [0.2, 0.25) is 0 Å². The molecule has 2 heterocycles. The predicted octanol–water partition coefficient (Wildman–Crippen LogP) is 3.55. The van der Waals surface area contributed by atoms with Crippen LogP contribution in [0.25, 0.3) is 22.0 Å². The summed E-state index contributed by atoms with van der Waals surface area (Å²) in [6.45, 7) is 6.69. The molecule has 2 amide bonds. The summed E-state index contributed by atoms with van der Waals surface area (Å²) in [6.07, 6.45) is 1.42. The van der Waals surface area contributed by atoms with Crippen LogP contribution < -0.4 is 10.6 Å². The monoisotopic (exact) mass is 564 g/mol. The van der Waals surface area contributed by atoms with Gasteiger partial charge in [-0.3, -0.25) is 9.48 Å². The highest BCUT2D eigenvalue weighted by Gasteiger charge is 2.23. The number of nitriles is 1. The lowest BCUT2D eigenvalue weighted by molar-refractivity contribution is -0.129. The number of carbonyl (C=O) groups is 2. The molecule has 2 aromatic carbocycles. The highest BCUT2D eigenvalue weighted by molar-refractivity contribution is 5.84. The van der Waals surface area contributed by atoms with Crippen LogP contribution in [-0.4, -0.2) is 76.2 Å². The zero-order valence-electron chi connectivity index (χ0n) is 23.9. The van der Waals surface area contributed by atoms with Crippen LogP contribution >= 0.6 is 0 Å². The molecule has 0 spiro atoms. The van der Waals surface area contributed by atoms with Gasteiger partial charge in [0.15, 0.2) is 0 Å². The molecular formula is C30H37FN6O4. The van der Waals surface area contributed by atoms with Gasteiger partial charge in [-0.05, 0) is 82.6 Å². The van der Waals surface area contributed by atoms with E-state index < -0.39 is 42.1 Å². The third-order valence-electron chi connectivity index (χ3n) is 7.06. The second kappa shape index (κ2) is 12.7. The number of ether oxygens (including phenoxy) is 1. The number of aromatic nitrogens is 2. The first-order valence-corrected chi connectivity index (χ1v) is 13.7. The maximum atomic E-state index is 15.2. The largest absolute Gasteiger partial charge is 0.444 e. The van der Waals surface area contributed by atoms with E-state index in [9.17, 15) is 20.0 Å². The van der Waals surface area contributed by atoms with E-state index in [2.05, 4.69) is 32.4 Å². The maximum Gasteiger partial charge on any atom is 0.407 e. The molecule has 0 radical (unpaired) electrons. The van der Waals surface area contributed by atoms with Crippen LogP contribution in [0.5, 0.6) is 0 Å². The Morgan fingerprint density at radius 1 is 1.20 bits per heavy atom. The van der Waals surface area contributed by atoms with E-state index in [-0.39, 0.29) is 12.0 Å². The number of alkyl carbamates (subject to hydrolysis) is 1. The van der Waals surface area contributed by atoms with E-state index in [0.29, 0.717) is 11.6 Å². The number of nitrogens with zero attached hydrogens (tertiary/aromatic N) is 4. The molecule has 1 saturated heterocycles. The van der Waals surface area contributed by atoms with Crippen molar-refractivity contribution >= 4 is 22.9 Å². The minimum atomic E-state index is -1.61. The number of hydrogen-bond acceptors (Lipinski definition) is 7. The van der Waals surface area contributed by atoms with Crippen LogP contribution in [0.1, 0.15) is 45.2 Å². The van der Waals surface area contributed by atoms with Crippen molar-refractivity contribution in [1.29, 1.82) is 5.26 Å². The van der Waals surface area contributed by atoms with Crippen LogP contribution in [-0.2, 0) is 16.0 Å². The molecule has 0 aliphatic carbocycles. The molecule has 0 bridgehead atoms. The summed E-state index contributed by atoms with van der Waals surface area (Å²) in [6, 6.07) is 11.9. The molecule has 1 aliphatic heterocycles. The highest BCUT2D eigenvalue weighted by Crippen LogP contribution is 2.30. The number of likely N-dealkylation sites (tertiary alicyclic amines) is 1. The van der Waals surface area contributed by atoms with Crippen LogP contribution in [0.3, 0.4) is 0 Å². The first-order chi connectivity index (χ1) is 19.4. The van der Waals surface area contributed by atoms with Crippen molar-refractivity contribution in [1.82, 2.24) is 25.3 Å². The topological polar surface area (TPSA) is 133 Å². The van der Waals surface area contributed by atoms with E-state index >= 15 is 4.39 Å². The molecule has 3 aromatic rings. The van der Waals surface area contributed by atoms with Gasteiger partial charge in [-0.2, -0.15) is 10.4 Å². The molecule has 11 heteroatoms. The van der Waals surface area contributed by atoms with E-state index in [4.69, 9.17) is 4.74 Å². The lowest BCUT2D eigenvalue weighted by Gasteiger charge is -2.29. The van der Waals surface area contributed by atoms with Crippen LogP contribution in [0.4, 0.5) is 9.18 Å². The van der Waals surface area contributed by atoms with Crippen molar-refractivity contribution in [3.8, 4) is 17.2 Å². The van der Waals surface area contributed by atoms with E-state index in [0.717, 1.165) is 42.4 Å². The molecule has 41 heavy (non-hydrogen) atoms. The fourth-order valence-corrected chi connectivity index (χ4v) is 4.84. The van der Waals surface area contributed by atoms with E-state index in [1.54, 1.807) is 32.9 Å². The average Bonchev–Trinajstić information content (AvgIpc) is 3.35. The van der Waals surface area contributed by atoms with E-state index in [1.165, 1.54) is 6.07 Å². The Kier molecular flexibility index (Phi) is 9.25. The molecule has 3 N–H and O–H groups in total.